The normalized spacial score (nSPS) is 9.90. The van der Waals surface area contributed by atoms with Crippen LogP contribution in [0.15, 0.2) is 29.1 Å². The van der Waals surface area contributed by atoms with Crippen molar-refractivity contribution in [3.63, 3.8) is 0 Å². The zero-order valence-corrected chi connectivity index (χ0v) is 11.2. The Labute approximate surface area is 120 Å². The van der Waals surface area contributed by atoms with E-state index in [1.165, 1.54) is 12.6 Å². The van der Waals surface area contributed by atoms with Crippen LogP contribution in [0, 0.1) is 0 Å². The lowest BCUT2D eigenvalue weighted by molar-refractivity contribution is -0.107. The number of nitrogen functional groups attached to an aromatic ring is 1. The molecule has 0 radical (unpaired) electrons. The highest BCUT2D eigenvalue weighted by atomic mass is 16.3. The number of aldehydes is 1. The first-order chi connectivity index (χ1) is 10.3. The molecule has 0 aliphatic heterocycles. The summed E-state index contributed by atoms with van der Waals surface area (Å²) >= 11 is 0. The molecule has 0 fully saturated rings. The molecular weight excluding hydrogens is 274 g/mol. The maximum atomic E-state index is 10.2. The predicted octanol–water partition coefficient (Wildman–Crippen LogP) is 0.952. The van der Waals surface area contributed by atoms with Crippen molar-refractivity contribution in [1.82, 2.24) is 25.1 Å². The van der Waals surface area contributed by atoms with E-state index in [1.54, 1.807) is 12.1 Å². The molecule has 0 amide bonds. The summed E-state index contributed by atoms with van der Waals surface area (Å²) in [6.07, 6.45) is 4.79. The van der Waals surface area contributed by atoms with Crippen molar-refractivity contribution in [3.8, 4) is 11.6 Å². The Balaban J connectivity index is 2.23. The molecule has 0 atom stereocenters. The number of furan rings is 1. The standard InChI is InChI=1S/C12H15N7O2/c13-11-17-10(9-4-3-7-21-9)19-16-8-15-12(18-11)14-5-1-2-6-20/h3-4,6-8H,1-2,5H2,(H4,13,14,15,16,17,18,19). The van der Waals surface area contributed by atoms with E-state index in [1.807, 2.05) is 0 Å². The molecule has 4 N–H and O–H groups in total. The number of nitrogens with two attached hydrogens (primary N) is 1. The Morgan fingerprint density at radius 1 is 1.43 bits per heavy atom. The largest absolute Gasteiger partial charge is 0.461 e. The van der Waals surface area contributed by atoms with Crippen molar-refractivity contribution in [1.29, 1.82) is 0 Å². The van der Waals surface area contributed by atoms with Gasteiger partial charge >= 0.3 is 0 Å². The maximum absolute atomic E-state index is 10.2. The van der Waals surface area contributed by atoms with Gasteiger partial charge in [-0.1, -0.05) is 0 Å². The molecule has 2 heterocycles. The van der Waals surface area contributed by atoms with Gasteiger partial charge in [0, 0.05) is 13.0 Å². The number of hydrogen-bond donors (Lipinski definition) is 3. The van der Waals surface area contributed by atoms with Gasteiger partial charge in [-0.15, -0.1) is 0 Å². The summed E-state index contributed by atoms with van der Waals surface area (Å²) in [5.74, 6) is 1.08. The van der Waals surface area contributed by atoms with Gasteiger partial charge in [0.2, 0.25) is 11.9 Å². The highest BCUT2D eigenvalue weighted by molar-refractivity contribution is 5.49. The molecule has 0 saturated heterocycles. The highest BCUT2D eigenvalue weighted by Crippen LogP contribution is 2.13. The number of unbranched alkanes of at least 4 members (excludes halogenated alkanes) is 1. The maximum Gasteiger partial charge on any atom is 0.227 e. The molecular formula is C12H15N7O2. The van der Waals surface area contributed by atoms with E-state index in [0.29, 0.717) is 31.0 Å². The zero-order chi connectivity index (χ0) is 14.9. The molecule has 0 aliphatic carbocycles. The van der Waals surface area contributed by atoms with Gasteiger partial charge in [0.1, 0.15) is 12.6 Å². The summed E-state index contributed by atoms with van der Waals surface area (Å²) in [4.78, 5) is 22.4. The number of hydrogen-bond acceptors (Lipinski definition) is 8. The van der Waals surface area contributed by atoms with Crippen molar-refractivity contribution >= 4 is 18.2 Å². The quantitative estimate of drug-likeness (QED) is 0.528. The second kappa shape index (κ2) is 7.58. The topological polar surface area (TPSA) is 136 Å². The summed E-state index contributed by atoms with van der Waals surface area (Å²) in [7, 11) is 0. The van der Waals surface area contributed by atoms with Crippen LogP contribution in [0.4, 0.5) is 11.9 Å². The molecule has 21 heavy (non-hydrogen) atoms. The SMILES string of the molecule is Nc1nc(NCCCC=O)ncn[nH]c(-c2ccco2)n1. The number of nitrogens with one attached hydrogen (secondary N) is 2. The minimum atomic E-state index is 0.000961. The van der Waals surface area contributed by atoms with Gasteiger partial charge in [0.15, 0.2) is 11.6 Å². The summed E-state index contributed by atoms with van der Waals surface area (Å²) in [5, 5.41) is 9.50. The Morgan fingerprint density at radius 2 is 2.33 bits per heavy atom. The Hall–Kier alpha value is -2.97. The monoisotopic (exact) mass is 289 g/mol. The van der Waals surface area contributed by atoms with E-state index in [4.69, 9.17) is 10.2 Å². The molecule has 0 saturated carbocycles. The van der Waals surface area contributed by atoms with E-state index < -0.39 is 0 Å². The van der Waals surface area contributed by atoms with Crippen LogP contribution in [0.25, 0.3) is 11.6 Å². The summed E-state index contributed by atoms with van der Waals surface area (Å²) in [5.41, 5.74) is 5.74. The van der Waals surface area contributed by atoms with E-state index in [-0.39, 0.29) is 11.9 Å². The molecule has 0 unspecified atom stereocenters. The average Bonchev–Trinajstić information content (AvgIpc) is 3.01. The Morgan fingerprint density at radius 3 is 3.10 bits per heavy atom. The third-order valence-electron chi connectivity index (χ3n) is 2.39. The summed E-state index contributed by atoms with van der Waals surface area (Å²) in [6, 6.07) is 3.44. The number of nitrogens with zero attached hydrogens (tertiary/aromatic N) is 4. The second-order valence-corrected chi connectivity index (χ2v) is 3.95. The van der Waals surface area contributed by atoms with Gasteiger partial charge in [-0.25, -0.2) is 0 Å². The minimum absolute atomic E-state index is 0.000961. The average molecular weight is 289 g/mol. The van der Waals surface area contributed by atoms with Gasteiger partial charge in [-0.05, 0) is 18.6 Å². The third-order valence-corrected chi connectivity index (χ3v) is 2.39. The Kier molecular flexibility index (Phi) is 5.21. The van der Waals surface area contributed by atoms with Crippen molar-refractivity contribution < 1.29 is 9.21 Å². The lowest BCUT2D eigenvalue weighted by Crippen LogP contribution is -2.05. The molecule has 2 aromatic heterocycles. The fourth-order valence-electron chi connectivity index (χ4n) is 1.47. The number of H-pyrrole nitrogens is 1. The van der Waals surface area contributed by atoms with E-state index >= 15 is 0 Å². The number of anilines is 2. The van der Waals surface area contributed by atoms with Crippen LogP contribution in [-0.2, 0) is 4.79 Å². The van der Waals surface area contributed by atoms with Gasteiger partial charge in [0.25, 0.3) is 0 Å². The molecule has 9 nitrogen and oxygen atoms in total. The predicted molar refractivity (Wildman–Crippen MR) is 75.5 cm³/mol. The lowest BCUT2D eigenvalue weighted by atomic mass is 10.3. The molecule has 0 bridgehead atoms. The number of rotatable bonds is 6. The fraction of sp³-hybridized carbons (Fsp3) is 0.250. The molecule has 0 spiro atoms. The number of carbonyl (C=O) groups excluding carboxylic acids is 1. The minimum Gasteiger partial charge on any atom is -0.461 e. The van der Waals surface area contributed by atoms with Crippen LogP contribution in [0.1, 0.15) is 12.8 Å². The van der Waals surface area contributed by atoms with Crippen LogP contribution >= 0.6 is 0 Å². The van der Waals surface area contributed by atoms with Crippen molar-refractivity contribution in [2.75, 3.05) is 17.6 Å². The third kappa shape index (κ3) is 4.56. The van der Waals surface area contributed by atoms with Gasteiger partial charge in [-0.2, -0.15) is 20.1 Å². The molecule has 9 heteroatoms. The summed E-state index contributed by atoms with van der Waals surface area (Å²) in [6.45, 7) is 0.546. The van der Waals surface area contributed by atoms with Gasteiger partial charge < -0.3 is 20.3 Å². The lowest BCUT2D eigenvalue weighted by Gasteiger charge is -2.00. The van der Waals surface area contributed by atoms with Crippen molar-refractivity contribution in [2.24, 2.45) is 0 Å². The van der Waals surface area contributed by atoms with E-state index in [9.17, 15) is 4.79 Å². The summed E-state index contributed by atoms with van der Waals surface area (Å²) < 4.78 is 5.21. The van der Waals surface area contributed by atoms with Crippen molar-refractivity contribution in [3.05, 3.63) is 24.7 Å². The van der Waals surface area contributed by atoms with Gasteiger partial charge in [-0.3, -0.25) is 5.10 Å². The molecule has 110 valence electrons. The number of aromatic amines is 1. The second-order valence-electron chi connectivity index (χ2n) is 3.95. The van der Waals surface area contributed by atoms with Crippen LogP contribution in [-0.4, -0.2) is 38.0 Å². The van der Waals surface area contributed by atoms with Crippen molar-refractivity contribution in [2.45, 2.75) is 12.8 Å². The molecule has 0 aromatic carbocycles. The first-order valence-corrected chi connectivity index (χ1v) is 6.29. The molecule has 2 aromatic rings. The fourth-order valence-corrected chi connectivity index (χ4v) is 1.47. The van der Waals surface area contributed by atoms with E-state index in [0.717, 1.165) is 6.29 Å². The smallest absolute Gasteiger partial charge is 0.227 e. The molecule has 0 aliphatic rings. The van der Waals surface area contributed by atoms with Crippen LogP contribution < -0.4 is 11.1 Å². The first kappa shape index (κ1) is 14.4. The van der Waals surface area contributed by atoms with Crippen LogP contribution in [0.5, 0.6) is 0 Å². The number of aromatic nitrogens is 5. The zero-order valence-electron chi connectivity index (χ0n) is 11.2. The number of carbonyl (C=O) groups is 1. The molecule has 2 rings (SSSR count). The van der Waals surface area contributed by atoms with E-state index in [2.05, 4.69) is 30.5 Å². The van der Waals surface area contributed by atoms with Crippen LogP contribution in [0.3, 0.4) is 0 Å². The van der Waals surface area contributed by atoms with Crippen LogP contribution in [0.2, 0.25) is 0 Å². The first-order valence-electron chi connectivity index (χ1n) is 6.29. The highest BCUT2D eigenvalue weighted by Gasteiger charge is 2.02. The van der Waals surface area contributed by atoms with Gasteiger partial charge in [0.05, 0.1) is 6.26 Å². The Bertz CT molecular complexity index is 622.